The van der Waals surface area contributed by atoms with Crippen molar-refractivity contribution in [3.8, 4) is 0 Å². The Morgan fingerprint density at radius 2 is 1.88 bits per heavy atom. The molecule has 1 fully saturated rings. The molecule has 1 aliphatic heterocycles. The quantitative estimate of drug-likeness (QED) is 0.571. The number of rotatable bonds is 2. The van der Waals surface area contributed by atoms with Gasteiger partial charge < -0.3 is 9.80 Å². The summed E-state index contributed by atoms with van der Waals surface area (Å²) in [6, 6.07) is 2.66. The van der Waals surface area contributed by atoms with Crippen LogP contribution in [0.5, 0.6) is 0 Å². The molecule has 170 valence electrons. The smallest absolute Gasteiger partial charge is 0.354 e. The van der Waals surface area contributed by atoms with Crippen molar-refractivity contribution in [2.75, 3.05) is 31.1 Å². The minimum atomic E-state index is -4.50. The number of carbonyl (C=O) groups is 1. The van der Waals surface area contributed by atoms with Gasteiger partial charge in [-0.05, 0) is 32.4 Å². The SMILES string of the molecule is Cc1cc(C(=O)N2CCCN(c3ncc(C(F)(F)F)cc3Cl)CC2)c2c(C)nn(C)c2n1. The number of anilines is 1. The molecular weight excluding hydrogens is 445 g/mol. The van der Waals surface area contributed by atoms with Crippen molar-refractivity contribution in [2.24, 2.45) is 7.05 Å². The Kier molecular flexibility index (Phi) is 5.74. The summed E-state index contributed by atoms with van der Waals surface area (Å²) < 4.78 is 40.4. The fourth-order valence-corrected chi connectivity index (χ4v) is 4.35. The average Bonchev–Trinajstić information content (AvgIpc) is 2.89. The van der Waals surface area contributed by atoms with Crippen LogP contribution >= 0.6 is 11.6 Å². The molecule has 1 aliphatic rings. The van der Waals surface area contributed by atoms with Crippen LogP contribution in [0.15, 0.2) is 18.3 Å². The summed E-state index contributed by atoms with van der Waals surface area (Å²) in [7, 11) is 1.79. The van der Waals surface area contributed by atoms with Crippen LogP contribution in [0, 0.1) is 13.8 Å². The Hall–Kier alpha value is -2.88. The van der Waals surface area contributed by atoms with Gasteiger partial charge in [0.15, 0.2) is 5.65 Å². The lowest BCUT2D eigenvalue weighted by atomic mass is 10.1. The highest BCUT2D eigenvalue weighted by Crippen LogP contribution is 2.34. The van der Waals surface area contributed by atoms with E-state index in [-0.39, 0.29) is 10.9 Å². The summed E-state index contributed by atoms with van der Waals surface area (Å²) in [5.74, 6) is 0.171. The molecule has 0 radical (unpaired) electrons. The summed E-state index contributed by atoms with van der Waals surface area (Å²) in [6.07, 6.45) is -3.09. The van der Waals surface area contributed by atoms with E-state index in [1.165, 1.54) is 0 Å². The number of carbonyl (C=O) groups excluding carboxylic acids is 1. The third-order valence-electron chi connectivity index (χ3n) is 5.56. The highest BCUT2D eigenvalue weighted by atomic mass is 35.5. The fourth-order valence-electron chi connectivity index (χ4n) is 4.06. The Balaban J connectivity index is 1.57. The van der Waals surface area contributed by atoms with Crippen LogP contribution in [0.4, 0.5) is 19.0 Å². The molecule has 0 bridgehead atoms. The number of nitrogens with zero attached hydrogens (tertiary/aromatic N) is 6. The lowest BCUT2D eigenvalue weighted by Crippen LogP contribution is -2.35. The third kappa shape index (κ3) is 4.11. The summed E-state index contributed by atoms with van der Waals surface area (Å²) in [5.41, 5.74) is 1.78. The number of aromatic nitrogens is 4. The van der Waals surface area contributed by atoms with Gasteiger partial charge in [0.25, 0.3) is 5.91 Å². The monoisotopic (exact) mass is 466 g/mol. The number of alkyl halides is 3. The number of halogens is 4. The highest BCUT2D eigenvalue weighted by Gasteiger charge is 2.32. The molecule has 1 amide bonds. The van der Waals surface area contributed by atoms with E-state index in [0.717, 1.165) is 29.0 Å². The van der Waals surface area contributed by atoms with Gasteiger partial charge >= 0.3 is 6.18 Å². The first kappa shape index (κ1) is 22.3. The van der Waals surface area contributed by atoms with Crippen LogP contribution < -0.4 is 4.90 Å². The van der Waals surface area contributed by atoms with Crippen LogP contribution in [-0.2, 0) is 13.2 Å². The first-order valence-corrected chi connectivity index (χ1v) is 10.5. The fraction of sp³-hybridized carbons (Fsp3) is 0.429. The second-order valence-corrected chi connectivity index (χ2v) is 8.29. The van der Waals surface area contributed by atoms with Crippen LogP contribution in [0.2, 0.25) is 5.02 Å². The summed E-state index contributed by atoms with van der Waals surface area (Å²) in [5, 5.41) is 5.07. The van der Waals surface area contributed by atoms with Crippen molar-refractivity contribution in [1.82, 2.24) is 24.6 Å². The molecule has 11 heteroatoms. The lowest BCUT2D eigenvalue weighted by Gasteiger charge is -2.24. The van der Waals surface area contributed by atoms with Gasteiger partial charge in [0, 0.05) is 45.1 Å². The van der Waals surface area contributed by atoms with Gasteiger partial charge in [-0.15, -0.1) is 0 Å². The zero-order chi connectivity index (χ0) is 23.2. The van der Waals surface area contributed by atoms with E-state index >= 15 is 0 Å². The molecule has 0 atom stereocenters. The van der Waals surface area contributed by atoms with Gasteiger partial charge in [-0.25, -0.2) is 9.97 Å². The van der Waals surface area contributed by atoms with Gasteiger partial charge in [0.05, 0.1) is 27.2 Å². The zero-order valence-corrected chi connectivity index (χ0v) is 18.6. The number of hydrogen-bond donors (Lipinski definition) is 0. The minimum absolute atomic E-state index is 0.0583. The van der Waals surface area contributed by atoms with Crippen molar-refractivity contribution in [3.63, 3.8) is 0 Å². The Morgan fingerprint density at radius 1 is 1.12 bits per heavy atom. The van der Waals surface area contributed by atoms with Crippen molar-refractivity contribution >= 4 is 34.4 Å². The predicted octanol–water partition coefficient (Wildman–Crippen LogP) is 4.00. The third-order valence-corrected chi connectivity index (χ3v) is 5.84. The topological polar surface area (TPSA) is 67.2 Å². The Morgan fingerprint density at radius 3 is 2.56 bits per heavy atom. The van der Waals surface area contributed by atoms with E-state index in [2.05, 4.69) is 15.1 Å². The number of fused-ring (bicyclic) bond motifs is 1. The van der Waals surface area contributed by atoms with E-state index in [1.807, 2.05) is 18.7 Å². The summed E-state index contributed by atoms with van der Waals surface area (Å²) >= 11 is 6.12. The molecule has 0 spiro atoms. The van der Waals surface area contributed by atoms with Gasteiger partial charge in [0.2, 0.25) is 0 Å². The Labute approximate surface area is 187 Å². The maximum absolute atomic E-state index is 13.4. The highest BCUT2D eigenvalue weighted by molar-refractivity contribution is 6.33. The molecule has 0 aromatic carbocycles. The number of pyridine rings is 2. The van der Waals surface area contributed by atoms with Crippen molar-refractivity contribution in [1.29, 1.82) is 0 Å². The van der Waals surface area contributed by atoms with E-state index in [1.54, 1.807) is 22.7 Å². The molecule has 7 nitrogen and oxygen atoms in total. The van der Waals surface area contributed by atoms with Crippen LogP contribution in [0.1, 0.15) is 33.7 Å². The molecular formula is C21H22ClF3N6O. The van der Waals surface area contributed by atoms with E-state index in [0.29, 0.717) is 49.6 Å². The van der Waals surface area contributed by atoms with E-state index < -0.39 is 11.7 Å². The van der Waals surface area contributed by atoms with Gasteiger partial charge in [-0.2, -0.15) is 18.3 Å². The van der Waals surface area contributed by atoms with Crippen molar-refractivity contribution in [2.45, 2.75) is 26.4 Å². The molecule has 3 aromatic heterocycles. The Bertz CT molecular complexity index is 1190. The molecule has 0 aliphatic carbocycles. The van der Waals surface area contributed by atoms with Crippen molar-refractivity contribution in [3.05, 3.63) is 45.9 Å². The average molecular weight is 467 g/mol. The van der Waals surface area contributed by atoms with Crippen molar-refractivity contribution < 1.29 is 18.0 Å². The maximum atomic E-state index is 13.4. The first-order chi connectivity index (χ1) is 15.1. The molecule has 0 N–H and O–H groups in total. The first-order valence-electron chi connectivity index (χ1n) is 10.1. The van der Waals surface area contributed by atoms with E-state index in [4.69, 9.17) is 11.6 Å². The van der Waals surface area contributed by atoms with Gasteiger partial charge in [0.1, 0.15) is 5.82 Å². The van der Waals surface area contributed by atoms with E-state index in [9.17, 15) is 18.0 Å². The standard InChI is InChI=1S/C21H22ClF3N6O/c1-12-9-15(17-13(2)28-29(3)19(17)27-12)20(32)31-6-4-5-30(7-8-31)18-16(22)10-14(11-26-18)21(23,24)25/h9-11H,4-8H2,1-3H3. The number of hydrogen-bond acceptors (Lipinski definition) is 5. The normalized spacial score (nSPS) is 15.3. The lowest BCUT2D eigenvalue weighted by molar-refractivity contribution is -0.137. The molecule has 0 unspecified atom stereocenters. The molecule has 4 heterocycles. The zero-order valence-electron chi connectivity index (χ0n) is 17.9. The number of amides is 1. The largest absolute Gasteiger partial charge is 0.417 e. The summed E-state index contributed by atoms with van der Waals surface area (Å²) in [6.45, 7) is 5.51. The van der Waals surface area contributed by atoms with Crippen LogP contribution in [0.25, 0.3) is 11.0 Å². The molecule has 3 aromatic rings. The van der Waals surface area contributed by atoms with Crippen LogP contribution in [-0.4, -0.2) is 56.7 Å². The molecule has 1 saturated heterocycles. The molecule has 32 heavy (non-hydrogen) atoms. The molecule has 4 rings (SSSR count). The van der Waals surface area contributed by atoms with Gasteiger partial charge in [-0.3, -0.25) is 9.48 Å². The second-order valence-electron chi connectivity index (χ2n) is 7.88. The summed E-state index contributed by atoms with van der Waals surface area (Å²) in [4.78, 5) is 25.5. The second kappa shape index (κ2) is 8.23. The van der Waals surface area contributed by atoms with Gasteiger partial charge in [-0.1, -0.05) is 11.6 Å². The molecule has 0 saturated carbocycles. The van der Waals surface area contributed by atoms with Crippen LogP contribution in [0.3, 0.4) is 0 Å². The minimum Gasteiger partial charge on any atom is -0.354 e. The number of aryl methyl sites for hydroxylation is 3. The predicted molar refractivity (Wildman–Crippen MR) is 115 cm³/mol. The maximum Gasteiger partial charge on any atom is 0.417 e.